The Bertz CT molecular complexity index is 479. The van der Waals surface area contributed by atoms with Gasteiger partial charge in [-0.25, -0.2) is 0 Å². The van der Waals surface area contributed by atoms with Crippen LogP contribution in [0.5, 0.6) is 5.75 Å². The maximum absolute atomic E-state index is 5.89. The van der Waals surface area contributed by atoms with Crippen molar-refractivity contribution in [3.8, 4) is 5.75 Å². The summed E-state index contributed by atoms with van der Waals surface area (Å²) in [7, 11) is 1.98. The Morgan fingerprint density at radius 1 is 1.11 bits per heavy atom. The number of hydrogen-bond acceptors (Lipinski definition) is 3. The Balaban J connectivity index is 2.36. The lowest BCUT2D eigenvalue weighted by Crippen LogP contribution is -2.18. The molecule has 0 radical (unpaired) electrons. The summed E-state index contributed by atoms with van der Waals surface area (Å²) in [5.74, 6) is 0.959. The van der Waals surface area contributed by atoms with E-state index in [2.05, 4.69) is 48.8 Å². The van der Waals surface area contributed by atoms with Gasteiger partial charge in [0.2, 0.25) is 0 Å². The molecule has 1 unspecified atom stereocenters. The van der Waals surface area contributed by atoms with Crippen LogP contribution in [0.2, 0.25) is 0 Å². The molecular weight excluding hydrogens is 242 g/mol. The Labute approximate surface area is 113 Å². The lowest BCUT2D eigenvalue weighted by Gasteiger charge is -2.20. The van der Waals surface area contributed by atoms with Crippen molar-refractivity contribution >= 4 is 11.3 Å². The van der Waals surface area contributed by atoms with E-state index in [4.69, 9.17) is 4.74 Å². The molecule has 0 amide bonds. The van der Waals surface area contributed by atoms with E-state index < -0.39 is 0 Å². The molecule has 1 aromatic carbocycles. The standard InChI is InChI=1S/C15H19NOS/c1-11(2)17-13-8-5-4-7-12(13)15(16-3)14-9-6-10-18-14/h4-11,15-16H,1-3H3. The first kappa shape index (κ1) is 13.1. The van der Waals surface area contributed by atoms with Gasteiger partial charge >= 0.3 is 0 Å². The number of rotatable bonds is 5. The molecule has 0 bridgehead atoms. The molecule has 0 saturated heterocycles. The van der Waals surface area contributed by atoms with Gasteiger partial charge in [-0.3, -0.25) is 0 Å². The molecule has 1 aromatic heterocycles. The van der Waals surface area contributed by atoms with Gasteiger partial charge in [0.15, 0.2) is 0 Å². The second kappa shape index (κ2) is 6.03. The highest BCUT2D eigenvalue weighted by atomic mass is 32.1. The van der Waals surface area contributed by atoms with Crippen LogP contribution in [0.3, 0.4) is 0 Å². The molecule has 0 aliphatic carbocycles. The summed E-state index contributed by atoms with van der Waals surface area (Å²) in [5, 5.41) is 5.47. The van der Waals surface area contributed by atoms with Crippen molar-refractivity contribution in [2.75, 3.05) is 7.05 Å². The fourth-order valence-corrected chi connectivity index (χ4v) is 2.84. The molecular formula is C15H19NOS. The molecule has 0 aliphatic heterocycles. The lowest BCUT2D eigenvalue weighted by molar-refractivity contribution is 0.239. The zero-order valence-electron chi connectivity index (χ0n) is 11.0. The van der Waals surface area contributed by atoms with Crippen molar-refractivity contribution in [3.63, 3.8) is 0 Å². The van der Waals surface area contributed by atoms with Crippen LogP contribution in [0.4, 0.5) is 0 Å². The second-order valence-corrected chi connectivity index (χ2v) is 5.42. The summed E-state index contributed by atoms with van der Waals surface area (Å²) < 4.78 is 5.89. The van der Waals surface area contributed by atoms with Gasteiger partial charge in [0.05, 0.1) is 12.1 Å². The number of thiophene rings is 1. The van der Waals surface area contributed by atoms with Gasteiger partial charge in [-0.15, -0.1) is 11.3 Å². The van der Waals surface area contributed by atoms with Crippen molar-refractivity contribution in [1.29, 1.82) is 0 Å². The van der Waals surface area contributed by atoms with E-state index in [1.807, 2.05) is 19.2 Å². The highest BCUT2D eigenvalue weighted by molar-refractivity contribution is 7.10. The van der Waals surface area contributed by atoms with E-state index in [-0.39, 0.29) is 12.1 Å². The van der Waals surface area contributed by atoms with Crippen molar-refractivity contribution in [2.24, 2.45) is 0 Å². The molecule has 2 rings (SSSR count). The number of para-hydroxylation sites is 1. The minimum Gasteiger partial charge on any atom is -0.491 e. The summed E-state index contributed by atoms with van der Waals surface area (Å²) in [4.78, 5) is 1.30. The number of ether oxygens (including phenoxy) is 1. The molecule has 1 N–H and O–H groups in total. The van der Waals surface area contributed by atoms with E-state index in [9.17, 15) is 0 Å². The van der Waals surface area contributed by atoms with Crippen LogP contribution >= 0.6 is 11.3 Å². The Morgan fingerprint density at radius 3 is 2.50 bits per heavy atom. The SMILES string of the molecule is CNC(c1cccs1)c1ccccc1OC(C)C. The third-order valence-corrected chi connectivity index (χ3v) is 3.65. The second-order valence-electron chi connectivity index (χ2n) is 4.44. The van der Waals surface area contributed by atoms with Crippen LogP contribution in [0.15, 0.2) is 41.8 Å². The molecule has 0 spiro atoms. The minimum atomic E-state index is 0.187. The maximum Gasteiger partial charge on any atom is 0.124 e. The molecule has 96 valence electrons. The minimum absolute atomic E-state index is 0.187. The summed E-state index contributed by atoms with van der Waals surface area (Å²) in [6, 6.07) is 12.7. The Hall–Kier alpha value is -1.32. The predicted molar refractivity (Wildman–Crippen MR) is 77.4 cm³/mol. The largest absolute Gasteiger partial charge is 0.491 e. The van der Waals surface area contributed by atoms with E-state index >= 15 is 0 Å². The quantitative estimate of drug-likeness (QED) is 0.883. The molecule has 0 aliphatic rings. The predicted octanol–water partition coefficient (Wildman–Crippen LogP) is 3.84. The summed E-state index contributed by atoms with van der Waals surface area (Å²) in [6.45, 7) is 4.10. The van der Waals surface area contributed by atoms with Crippen molar-refractivity contribution in [1.82, 2.24) is 5.32 Å². The molecule has 0 saturated carbocycles. The molecule has 0 fully saturated rings. The van der Waals surface area contributed by atoms with E-state index in [0.717, 1.165) is 5.75 Å². The Kier molecular flexibility index (Phi) is 4.39. The average Bonchev–Trinajstić information content (AvgIpc) is 2.85. The van der Waals surface area contributed by atoms with Crippen LogP contribution in [0.1, 0.15) is 30.3 Å². The highest BCUT2D eigenvalue weighted by Crippen LogP contribution is 2.32. The van der Waals surface area contributed by atoms with Gasteiger partial charge in [-0.1, -0.05) is 24.3 Å². The normalized spacial score (nSPS) is 12.7. The van der Waals surface area contributed by atoms with Crippen LogP contribution in [0.25, 0.3) is 0 Å². The van der Waals surface area contributed by atoms with Crippen LogP contribution < -0.4 is 10.1 Å². The molecule has 2 aromatic rings. The van der Waals surface area contributed by atoms with E-state index in [1.165, 1.54) is 10.4 Å². The van der Waals surface area contributed by atoms with Crippen molar-refractivity contribution < 1.29 is 4.74 Å². The third kappa shape index (κ3) is 2.92. The van der Waals surface area contributed by atoms with Crippen LogP contribution in [0, 0.1) is 0 Å². The lowest BCUT2D eigenvalue weighted by atomic mass is 10.0. The number of benzene rings is 1. The highest BCUT2D eigenvalue weighted by Gasteiger charge is 2.17. The fraction of sp³-hybridized carbons (Fsp3) is 0.333. The molecule has 18 heavy (non-hydrogen) atoms. The first-order chi connectivity index (χ1) is 8.72. The molecule has 2 nitrogen and oxygen atoms in total. The Morgan fingerprint density at radius 2 is 1.89 bits per heavy atom. The van der Waals surface area contributed by atoms with Gasteiger partial charge in [-0.05, 0) is 38.4 Å². The van der Waals surface area contributed by atoms with Gasteiger partial charge in [-0.2, -0.15) is 0 Å². The molecule has 3 heteroatoms. The smallest absolute Gasteiger partial charge is 0.124 e. The maximum atomic E-state index is 5.89. The summed E-state index contributed by atoms with van der Waals surface area (Å²) in [5.41, 5.74) is 1.19. The summed E-state index contributed by atoms with van der Waals surface area (Å²) in [6.07, 6.45) is 0.187. The van der Waals surface area contributed by atoms with Crippen LogP contribution in [-0.4, -0.2) is 13.2 Å². The van der Waals surface area contributed by atoms with Gasteiger partial charge in [0.1, 0.15) is 5.75 Å². The molecule has 1 heterocycles. The fourth-order valence-electron chi connectivity index (χ4n) is 1.99. The zero-order valence-corrected chi connectivity index (χ0v) is 11.8. The monoisotopic (exact) mass is 261 g/mol. The third-order valence-electron chi connectivity index (χ3n) is 2.71. The van der Waals surface area contributed by atoms with Crippen LogP contribution in [-0.2, 0) is 0 Å². The average molecular weight is 261 g/mol. The first-order valence-electron chi connectivity index (χ1n) is 6.18. The van der Waals surface area contributed by atoms with E-state index in [0.29, 0.717) is 0 Å². The van der Waals surface area contributed by atoms with Gasteiger partial charge in [0, 0.05) is 10.4 Å². The van der Waals surface area contributed by atoms with Crippen molar-refractivity contribution in [2.45, 2.75) is 26.0 Å². The number of hydrogen-bond donors (Lipinski definition) is 1. The topological polar surface area (TPSA) is 21.3 Å². The van der Waals surface area contributed by atoms with Crippen molar-refractivity contribution in [3.05, 3.63) is 52.2 Å². The zero-order chi connectivity index (χ0) is 13.0. The number of nitrogens with one attached hydrogen (secondary N) is 1. The first-order valence-corrected chi connectivity index (χ1v) is 7.06. The van der Waals surface area contributed by atoms with Gasteiger partial charge < -0.3 is 10.1 Å². The summed E-state index contributed by atoms with van der Waals surface area (Å²) >= 11 is 1.76. The molecule has 1 atom stereocenters. The van der Waals surface area contributed by atoms with Gasteiger partial charge in [0.25, 0.3) is 0 Å². The van der Waals surface area contributed by atoms with E-state index in [1.54, 1.807) is 11.3 Å².